The van der Waals surface area contributed by atoms with Crippen molar-refractivity contribution in [1.82, 2.24) is 5.32 Å². The van der Waals surface area contributed by atoms with Gasteiger partial charge in [-0.15, -0.1) is 0 Å². The van der Waals surface area contributed by atoms with Gasteiger partial charge in [0.1, 0.15) is 11.6 Å². The van der Waals surface area contributed by atoms with Crippen LogP contribution in [0, 0.1) is 5.82 Å². The maximum atomic E-state index is 13.7. The van der Waals surface area contributed by atoms with Gasteiger partial charge in [-0.2, -0.15) is 0 Å². The fourth-order valence-electron chi connectivity index (χ4n) is 1.59. The first-order valence-corrected chi connectivity index (χ1v) is 5.44. The zero-order chi connectivity index (χ0) is 12.8. The Balaban J connectivity index is 2.77. The largest absolute Gasteiger partial charge is 0.496 e. The molecule has 0 heterocycles. The van der Waals surface area contributed by atoms with Gasteiger partial charge in [-0.25, -0.2) is 4.39 Å². The van der Waals surface area contributed by atoms with E-state index in [0.717, 1.165) is 0 Å². The summed E-state index contributed by atoms with van der Waals surface area (Å²) in [6, 6.07) is 4.30. The first kappa shape index (κ1) is 13.9. The maximum absolute atomic E-state index is 13.7. The minimum Gasteiger partial charge on any atom is -0.496 e. The highest BCUT2D eigenvalue weighted by Gasteiger charge is 2.16. The van der Waals surface area contributed by atoms with Crippen LogP contribution < -0.4 is 10.1 Å². The highest BCUT2D eigenvalue weighted by atomic mass is 19.1. The molecule has 0 saturated carbocycles. The van der Waals surface area contributed by atoms with E-state index in [4.69, 9.17) is 9.84 Å². The molecular formula is C12H18FNO3. The maximum Gasteiger partial charge on any atom is 0.131 e. The predicted molar refractivity (Wildman–Crippen MR) is 62.5 cm³/mol. The summed E-state index contributed by atoms with van der Waals surface area (Å²) in [7, 11) is 1.48. The Morgan fingerprint density at radius 1 is 1.47 bits per heavy atom. The lowest BCUT2D eigenvalue weighted by Crippen LogP contribution is -2.31. The Hall–Kier alpha value is -1.17. The van der Waals surface area contributed by atoms with Gasteiger partial charge in [-0.05, 0) is 19.1 Å². The summed E-state index contributed by atoms with van der Waals surface area (Å²) in [5.41, 5.74) is 0.417. The molecule has 17 heavy (non-hydrogen) atoms. The van der Waals surface area contributed by atoms with Crippen molar-refractivity contribution in [3.63, 3.8) is 0 Å². The molecule has 0 fully saturated rings. The lowest BCUT2D eigenvalue weighted by atomic mass is 10.1. The van der Waals surface area contributed by atoms with Crippen molar-refractivity contribution in [2.45, 2.75) is 19.1 Å². The minimum absolute atomic E-state index is 0.190. The predicted octanol–water partition coefficient (Wildman–Crippen LogP) is 0.838. The van der Waals surface area contributed by atoms with Crippen LogP contribution >= 0.6 is 0 Å². The van der Waals surface area contributed by atoms with Gasteiger partial charge in [0.2, 0.25) is 0 Å². The van der Waals surface area contributed by atoms with Crippen molar-refractivity contribution < 1.29 is 19.3 Å². The molecule has 0 saturated heterocycles. The summed E-state index contributed by atoms with van der Waals surface area (Å²) in [5, 5.41) is 20.8. The van der Waals surface area contributed by atoms with Crippen LogP contribution in [0.15, 0.2) is 18.2 Å². The number of nitrogens with one attached hydrogen (secondary N) is 1. The Morgan fingerprint density at radius 3 is 2.76 bits per heavy atom. The number of methoxy groups -OCH3 is 1. The van der Waals surface area contributed by atoms with Crippen LogP contribution in [-0.2, 0) is 0 Å². The number of benzene rings is 1. The smallest absolute Gasteiger partial charge is 0.131 e. The van der Waals surface area contributed by atoms with E-state index in [1.165, 1.54) is 13.2 Å². The Morgan fingerprint density at radius 2 is 2.18 bits per heavy atom. The van der Waals surface area contributed by atoms with E-state index in [1.807, 2.05) is 0 Å². The normalized spacial score (nSPS) is 14.4. The third-order valence-electron chi connectivity index (χ3n) is 2.54. The average molecular weight is 243 g/mol. The minimum atomic E-state index is -0.852. The van der Waals surface area contributed by atoms with Gasteiger partial charge >= 0.3 is 0 Å². The molecule has 0 aliphatic carbocycles. The summed E-state index contributed by atoms with van der Waals surface area (Å²) >= 11 is 0. The molecule has 0 aromatic heterocycles. The van der Waals surface area contributed by atoms with Crippen molar-refractivity contribution in [2.24, 2.45) is 0 Å². The topological polar surface area (TPSA) is 61.7 Å². The van der Waals surface area contributed by atoms with Crippen LogP contribution in [-0.4, -0.2) is 36.6 Å². The molecule has 0 aliphatic heterocycles. The van der Waals surface area contributed by atoms with E-state index in [9.17, 15) is 9.50 Å². The van der Waals surface area contributed by atoms with E-state index in [0.29, 0.717) is 11.3 Å². The van der Waals surface area contributed by atoms with Crippen LogP contribution in [0.3, 0.4) is 0 Å². The van der Waals surface area contributed by atoms with E-state index in [2.05, 4.69) is 5.32 Å². The zero-order valence-corrected chi connectivity index (χ0v) is 9.98. The van der Waals surface area contributed by atoms with Gasteiger partial charge in [0.05, 0.1) is 19.8 Å². The van der Waals surface area contributed by atoms with Crippen LogP contribution in [0.25, 0.3) is 0 Å². The fraction of sp³-hybridized carbons (Fsp3) is 0.500. The third-order valence-corrected chi connectivity index (χ3v) is 2.54. The van der Waals surface area contributed by atoms with Gasteiger partial charge in [-0.3, -0.25) is 0 Å². The van der Waals surface area contributed by atoms with Crippen LogP contribution in [0.2, 0.25) is 0 Å². The van der Waals surface area contributed by atoms with Crippen molar-refractivity contribution in [2.75, 3.05) is 20.3 Å². The summed E-state index contributed by atoms with van der Waals surface area (Å²) in [5.74, 6) is 0.103. The summed E-state index contributed by atoms with van der Waals surface area (Å²) < 4.78 is 18.8. The molecule has 96 valence electrons. The van der Waals surface area contributed by atoms with E-state index in [1.54, 1.807) is 19.1 Å². The first-order chi connectivity index (χ1) is 8.10. The number of ether oxygens (including phenoxy) is 1. The molecule has 4 nitrogen and oxygen atoms in total. The summed E-state index contributed by atoms with van der Waals surface area (Å²) in [6.07, 6.45) is -0.852. The Labute approximate surface area is 100 Å². The molecule has 2 atom stereocenters. The van der Waals surface area contributed by atoms with Crippen LogP contribution in [0.1, 0.15) is 18.5 Å². The van der Waals surface area contributed by atoms with Gasteiger partial charge in [-0.1, -0.05) is 6.07 Å². The molecule has 5 heteroatoms. The third kappa shape index (κ3) is 3.66. The van der Waals surface area contributed by atoms with Crippen LogP contribution in [0.4, 0.5) is 4.39 Å². The average Bonchev–Trinajstić information content (AvgIpc) is 2.34. The molecule has 0 bridgehead atoms. The van der Waals surface area contributed by atoms with Gasteiger partial charge < -0.3 is 20.3 Å². The number of aliphatic hydroxyl groups excluding tert-OH is 2. The number of rotatable bonds is 6. The molecule has 0 amide bonds. The highest BCUT2D eigenvalue weighted by molar-refractivity contribution is 5.36. The molecule has 1 aromatic rings. The molecule has 3 N–H and O–H groups in total. The highest BCUT2D eigenvalue weighted by Crippen LogP contribution is 2.27. The van der Waals surface area contributed by atoms with Crippen molar-refractivity contribution in [3.8, 4) is 5.75 Å². The number of hydrogen-bond acceptors (Lipinski definition) is 4. The SMILES string of the molecule is COc1cccc(F)c1C(C)NCC(O)CO. The monoisotopic (exact) mass is 243 g/mol. The second kappa shape index (κ2) is 6.54. The summed E-state index contributed by atoms with van der Waals surface area (Å²) in [4.78, 5) is 0. The number of aliphatic hydroxyl groups is 2. The lowest BCUT2D eigenvalue weighted by Gasteiger charge is -2.19. The van der Waals surface area contributed by atoms with Crippen molar-refractivity contribution in [1.29, 1.82) is 0 Å². The molecule has 2 unspecified atom stereocenters. The lowest BCUT2D eigenvalue weighted by molar-refractivity contribution is 0.0922. The van der Waals surface area contributed by atoms with Gasteiger partial charge in [0.15, 0.2) is 0 Å². The standard InChI is InChI=1S/C12H18FNO3/c1-8(14-6-9(16)7-15)12-10(13)4-3-5-11(12)17-2/h3-5,8-9,14-16H,6-7H2,1-2H3. The first-order valence-electron chi connectivity index (χ1n) is 5.44. The molecular weight excluding hydrogens is 225 g/mol. The van der Waals surface area contributed by atoms with Crippen molar-refractivity contribution in [3.05, 3.63) is 29.6 Å². The molecule has 1 aromatic carbocycles. The van der Waals surface area contributed by atoms with Crippen LogP contribution in [0.5, 0.6) is 5.75 Å². The second-order valence-electron chi connectivity index (χ2n) is 3.82. The Bertz CT molecular complexity index is 360. The molecule has 0 radical (unpaired) electrons. The summed E-state index contributed by atoms with van der Waals surface area (Å²) in [6.45, 7) is 1.63. The molecule has 1 rings (SSSR count). The number of hydrogen-bond donors (Lipinski definition) is 3. The van der Waals surface area contributed by atoms with Crippen molar-refractivity contribution >= 4 is 0 Å². The second-order valence-corrected chi connectivity index (χ2v) is 3.82. The molecule has 0 spiro atoms. The molecule has 0 aliphatic rings. The van der Waals surface area contributed by atoms with Gasteiger partial charge in [0.25, 0.3) is 0 Å². The van der Waals surface area contributed by atoms with Gasteiger partial charge in [0, 0.05) is 18.2 Å². The van der Waals surface area contributed by atoms with E-state index in [-0.39, 0.29) is 25.0 Å². The number of halogens is 1. The fourth-order valence-corrected chi connectivity index (χ4v) is 1.59. The van der Waals surface area contributed by atoms with E-state index >= 15 is 0 Å². The zero-order valence-electron chi connectivity index (χ0n) is 9.98. The quantitative estimate of drug-likeness (QED) is 0.693. The Kier molecular flexibility index (Phi) is 5.34. The van der Waals surface area contributed by atoms with E-state index < -0.39 is 6.10 Å².